The quantitative estimate of drug-likeness (QED) is 0.738. The van der Waals surface area contributed by atoms with E-state index in [-0.39, 0.29) is 5.91 Å². The van der Waals surface area contributed by atoms with Gasteiger partial charge >= 0.3 is 5.97 Å². The summed E-state index contributed by atoms with van der Waals surface area (Å²) >= 11 is 0. The monoisotopic (exact) mass is 290 g/mol. The third-order valence-electron chi connectivity index (χ3n) is 4.17. The van der Waals surface area contributed by atoms with Crippen molar-refractivity contribution in [3.63, 3.8) is 0 Å². The molecule has 3 N–H and O–H groups in total. The minimum atomic E-state index is -1.00. The number of rotatable bonds is 6. The molecule has 0 radical (unpaired) electrons. The number of carboxylic acid groups (broad SMARTS) is 1. The van der Waals surface area contributed by atoms with E-state index in [0.29, 0.717) is 12.8 Å². The first-order valence-electron chi connectivity index (χ1n) is 7.40. The van der Waals surface area contributed by atoms with Crippen LogP contribution in [0.5, 0.6) is 0 Å². The molecule has 114 valence electrons. The van der Waals surface area contributed by atoms with Gasteiger partial charge in [0, 0.05) is 6.42 Å². The van der Waals surface area contributed by atoms with Gasteiger partial charge in [0.2, 0.25) is 5.91 Å². The Morgan fingerprint density at radius 1 is 1.38 bits per heavy atom. The van der Waals surface area contributed by atoms with Crippen molar-refractivity contribution in [2.24, 2.45) is 0 Å². The molecule has 0 aliphatic carbocycles. The second-order valence-corrected chi connectivity index (χ2v) is 5.52. The summed E-state index contributed by atoms with van der Waals surface area (Å²) in [5, 5.41) is 15.3. The van der Waals surface area contributed by atoms with Crippen molar-refractivity contribution in [1.29, 1.82) is 0 Å². The largest absolute Gasteiger partial charge is 0.480 e. The highest BCUT2D eigenvalue weighted by Gasteiger charge is 2.40. The van der Waals surface area contributed by atoms with Crippen molar-refractivity contribution in [1.82, 2.24) is 10.6 Å². The fraction of sp³-hybridized carbons (Fsp3) is 0.500. The maximum atomic E-state index is 12.5. The highest BCUT2D eigenvalue weighted by atomic mass is 16.4. The van der Waals surface area contributed by atoms with Crippen LogP contribution >= 0.6 is 0 Å². The van der Waals surface area contributed by atoms with Crippen molar-refractivity contribution >= 4 is 11.9 Å². The van der Waals surface area contributed by atoms with Crippen molar-refractivity contribution in [3.05, 3.63) is 35.9 Å². The van der Waals surface area contributed by atoms with Gasteiger partial charge in [0.25, 0.3) is 0 Å². The Kier molecular flexibility index (Phi) is 4.96. The van der Waals surface area contributed by atoms with E-state index in [0.717, 1.165) is 24.9 Å². The lowest BCUT2D eigenvalue weighted by Crippen LogP contribution is -2.57. The third kappa shape index (κ3) is 3.61. The van der Waals surface area contributed by atoms with E-state index >= 15 is 0 Å². The highest BCUT2D eigenvalue weighted by Crippen LogP contribution is 2.23. The van der Waals surface area contributed by atoms with Gasteiger partial charge in [0.1, 0.15) is 6.04 Å². The van der Waals surface area contributed by atoms with E-state index in [1.807, 2.05) is 37.3 Å². The molecule has 5 nitrogen and oxygen atoms in total. The lowest BCUT2D eigenvalue weighted by Gasteiger charge is -2.28. The van der Waals surface area contributed by atoms with E-state index in [1.165, 1.54) is 0 Å². The first-order chi connectivity index (χ1) is 10.1. The van der Waals surface area contributed by atoms with E-state index in [4.69, 9.17) is 0 Å². The summed E-state index contributed by atoms with van der Waals surface area (Å²) in [5.41, 5.74) is 0.292. The summed E-state index contributed by atoms with van der Waals surface area (Å²) < 4.78 is 0. The minimum Gasteiger partial charge on any atom is -0.480 e. The summed E-state index contributed by atoms with van der Waals surface area (Å²) in [6, 6.07) is 8.44. The molecule has 0 bridgehead atoms. The summed E-state index contributed by atoms with van der Waals surface area (Å²) in [5.74, 6) is -1.21. The third-order valence-corrected chi connectivity index (χ3v) is 4.17. The molecular formula is C16H22N2O3. The Balaban J connectivity index is 2.06. The van der Waals surface area contributed by atoms with Crippen LogP contribution in [-0.4, -0.2) is 35.1 Å². The maximum absolute atomic E-state index is 12.5. The first-order valence-corrected chi connectivity index (χ1v) is 7.40. The fourth-order valence-corrected chi connectivity index (χ4v) is 2.81. The molecular weight excluding hydrogens is 268 g/mol. The SMILES string of the molecule is CCC1(C(=O)N[C@H](Cc2ccccc2)C(=O)O)CCCN1. The lowest BCUT2D eigenvalue weighted by atomic mass is 9.92. The van der Waals surface area contributed by atoms with Gasteiger partial charge < -0.3 is 15.7 Å². The van der Waals surface area contributed by atoms with Crippen LogP contribution < -0.4 is 10.6 Å². The van der Waals surface area contributed by atoms with Crippen LogP contribution in [0.15, 0.2) is 30.3 Å². The molecule has 1 aliphatic heterocycles. The van der Waals surface area contributed by atoms with Gasteiger partial charge in [-0.25, -0.2) is 4.79 Å². The maximum Gasteiger partial charge on any atom is 0.326 e. The molecule has 0 spiro atoms. The van der Waals surface area contributed by atoms with E-state index in [9.17, 15) is 14.7 Å². The molecule has 1 amide bonds. The predicted octanol–water partition coefficient (Wildman–Crippen LogP) is 1.33. The number of amides is 1. The first kappa shape index (κ1) is 15.5. The molecule has 1 unspecified atom stereocenters. The molecule has 1 aliphatic rings. The second-order valence-electron chi connectivity index (χ2n) is 5.52. The van der Waals surface area contributed by atoms with Gasteiger partial charge in [-0.3, -0.25) is 4.79 Å². The number of carbonyl (C=O) groups is 2. The lowest BCUT2D eigenvalue weighted by molar-refractivity contribution is -0.142. The molecule has 21 heavy (non-hydrogen) atoms. The molecule has 0 saturated carbocycles. The van der Waals surface area contributed by atoms with Gasteiger partial charge in [-0.1, -0.05) is 37.3 Å². The van der Waals surface area contributed by atoms with Crippen LogP contribution in [0.3, 0.4) is 0 Å². The average molecular weight is 290 g/mol. The number of hydrogen-bond donors (Lipinski definition) is 3. The van der Waals surface area contributed by atoms with Crippen molar-refractivity contribution in [3.8, 4) is 0 Å². The summed E-state index contributed by atoms with van der Waals surface area (Å²) in [6.07, 6.45) is 2.66. The second kappa shape index (κ2) is 6.72. The Labute approximate surface area is 124 Å². The van der Waals surface area contributed by atoms with Crippen LogP contribution in [0, 0.1) is 0 Å². The van der Waals surface area contributed by atoms with Gasteiger partial charge in [-0.2, -0.15) is 0 Å². The standard InChI is InChI=1S/C16H22N2O3/c1-2-16(9-6-10-17-16)15(21)18-13(14(19)20)11-12-7-4-3-5-8-12/h3-5,7-8,13,17H,2,6,9-11H2,1H3,(H,18,21)(H,19,20)/t13-,16?/m1/s1. The predicted molar refractivity (Wildman–Crippen MR) is 80.0 cm³/mol. The Morgan fingerprint density at radius 2 is 2.10 bits per heavy atom. The van der Waals surface area contributed by atoms with Gasteiger partial charge in [0.15, 0.2) is 0 Å². The van der Waals surface area contributed by atoms with Crippen LogP contribution in [0.1, 0.15) is 31.7 Å². The van der Waals surface area contributed by atoms with Crippen LogP contribution in [0.25, 0.3) is 0 Å². The fourth-order valence-electron chi connectivity index (χ4n) is 2.81. The van der Waals surface area contributed by atoms with Gasteiger partial charge in [0.05, 0.1) is 5.54 Å². The molecule has 5 heteroatoms. The summed E-state index contributed by atoms with van der Waals surface area (Å²) in [4.78, 5) is 23.9. The van der Waals surface area contributed by atoms with E-state index in [1.54, 1.807) is 0 Å². The van der Waals surface area contributed by atoms with Crippen molar-refractivity contribution in [2.45, 2.75) is 44.2 Å². The number of benzene rings is 1. The van der Waals surface area contributed by atoms with Gasteiger partial charge in [-0.05, 0) is 31.4 Å². The van der Waals surface area contributed by atoms with Gasteiger partial charge in [-0.15, -0.1) is 0 Å². The van der Waals surface area contributed by atoms with E-state index in [2.05, 4.69) is 10.6 Å². The number of carbonyl (C=O) groups excluding carboxylic acids is 1. The zero-order valence-corrected chi connectivity index (χ0v) is 12.3. The topological polar surface area (TPSA) is 78.4 Å². The van der Waals surface area contributed by atoms with Crippen LogP contribution in [0.2, 0.25) is 0 Å². The molecule has 1 heterocycles. The number of nitrogens with one attached hydrogen (secondary N) is 2. The van der Waals surface area contributed by atoms with E-state index < -0.39 is 17.6 Å². The van der Waals surface area contributed by atoms with Crippen molar-refractivity contribution in [2.75, 3.05) is 6.54 Å². The van der Waals surface area contributed by atoms with Crippen molar-refractivity contribution < 1.29 is 14.7 Å². The number of hydrogen-bond acceptors (Lipinski definition) is 3. The zero-order chi connectivity index (χ0) is 15.3. The average Bonchev–Trinajstić information content (AvgIpc) is 2.97. The molecule has 2 rings (SSSR count). The normalized spacial score (nSPS) is 22.7. The number of aliphatic carboxylic acids is 1. The molecule has 2 atom stereocenters. The molecule has 1 aromatic rings. The zero-order valence-electron chi connectivity index (χ0n) is 12.3. The Hall–Kier alpha value is -1.88. The minimum absolute atomic E-state index is 0.203. The Morgan fingerprint density at radius 3 is 2.62 bits per heavy atom. The molecule has 0 aromatic heterocycles. The Bertz CT molecular complexity index is 496. The summed E-state index contributed by atoms with van der Waals surface area (Å²) in [6.45, 7) is 2.75. The molecule has 1 saturated heterocycles. The molecule has 1 aromatic carbocycles. The van der Waals surface area contributed by atoms with Crippen LogP contribution in [-0.2, 0) is 16.0 Å². The summed E-state index contributed by atoms with van der Waals surface area (Å²) in [7, 11) is 0. The van der Waals surface area contributed by atoms with Crippen LogP contribution in [0.4, 0.5) is 0 Å². The molecule has 1 fully saturated rings. The smallest absolute Gasteiger partial charge is 0.326 e. The highest BCUT2D eigenvalue weighted by molar-refractivity contribution is 5.90. The number of carboxylic acids is 1.